The van der Waals surface area contributed by atoms with Crippen molar-refractivity contribution in [3.8, 4) is 0 Å². The Morgan fingerprint density at radius 1 is 1.22 bits per heavy atom. The van der Waals surface area contributed by atoms with Crippen molar-refractivity contribution >= 4 is 17.3 Å². The van der Waals surface area contributed by atoms with Gasteiger partial charge >= 0.3 is 0 Å². The smallest absolute Gasteiger partial charge is 0.193 e. The quantitative estimate of drug-likeness (QED) is 0.636. The number of guanidine groups is 1. The summed E-state index contributed by atoms with van der Waals surface area (Å²) in [6, 6.07) is 8.58. The monoisotopic (exact) mass is 246 g/mol. The molecule has 2 rings (SSSR count). The largest absolute Gasteiger partial charge is 0.372 e. The van der Waals surface area contributed by atoms with Gasteiger partial charge in [-0.25, -0.2) is 0 Å². The predicted octanol–water partition coefficient (Wildman–Crippen LogP) is 2.42. The Kier molecular flexibility index (Phi) is 4.07. The van der Waals surface area contributed by atoms with Crippen LogP contribution in [-0.2, 0) is 0 Å². The van der Waals surface area contributed by atoms with Gasteiger partial charge in [0.15, 0.2) is 5.96 Å². The van der Waals surface area contributed by atoms with Gasteiger partial charge < -0.3 is 16.0 Å². The van der Waals surface area contributed by atoms with Gasteiger partial charge in [-0.05, 0) is 51.0 Å². The summed E-state index contributed by atoms with van der Waals surface area (Å²) in [5.74, 6) is 0.471. The second-order valence-electron chi connectivity index (χ2n) is 4.97. The van der Waals surface area contributed by atoms with Crippen LogP contribution in [0.4, 0.5) is 11.4 Å². The molecule has 1 aliphatic rings. The zero-order chi connectivity index (χ0) is 13.0. The average Bonchev–Trinajstić information content (AvgIpc) is 2.82. The highest BCUT2D eigenvalue weighted by Crippen LogP contribution is 2.21. The molecule has 1 fully saturated rings. The molecule has 4 heteroatoms. The van der Waals surface area contributed by atoms with Crippen LogP contribution in [0, 0.1) is 0 Å². The van der Waals surface area contributed by atoms with E-state index >= 15 is 0 Å². The van der Waals surface area contributed by atoms with Gasteiger partial charge in [0.25, 0.3) is 0 Å². The van der Waals surface area contributed by atoms with Gasteiger partial charge in [-0.1, -0.05) is 0 Å². The maximum absolute atomic E-state index is 5.80. The molecule has 4 nitrogen and oxygen atoms in total. The van der Waals surface area contributed by atoms with Crippen molar-refractivity contribution in [1.29, 1.82) is 0 Å². The minimum Gasteiger partial charge on any atom is -0.372 e. The summed E-state index contributed by atoms with van der Waals surface area (Å²) in [5, 5.41) is 3.10. The molecule has 1 saturated heterocycles. The van der Waals surface area contributed by atoms with E-state index in [1.54, 1.807) is 0 Å². The van der Waals surface area contributed by atoms with E-state index in [1.165, 1.54) is 31.6 Å². The lowest BCUT2D eigenvalue weighted by Crippen LogP contribution is -2.24. The Balaban J connectivity index is 1.99. The molecule has 0 atom stereocenters. The molecular formula is C14H22N4. The zero-order valence-electron chi connectivity index (χ0n) is 11.2. The van der Waals surface area contributed by atoms with Crippen molar-refractivity contribution < 1.29 is 0 Å². The van der Waals surface area contributed by atoms with Crippen LogP contribution in [0.2, 0.25) is 0 Å². The van der Waals surface area contributed by atoms with E-state index in [9.17, 15) is 0 Å². The molecule has 0 amide bonds. The standard InChI is InChI=1S/C14H22N4/c1-11(2)16-14(15)17-12-5-7-13(8-6-12)18-9-3-4-10-18/h5-8,11H,3-4,9-10H2,1-2H3,(H3,15,16,17). The second-order valence-corrected chi connectivity index (χ2v) is 4.97. The maximum atomic E-state index is 5.80. The summed E-state index contributed by atoms with van der Waals surface area (Å²) < 4.78 is 0. The predicted molar refractivity (Wildman–Crippen MR) is 78.3 cm³/mol. The fraction of sp³-hybridized carbons (Fsp3) is 0.500. The van der Waals surface area contributed by atoms with Crippen LogP contribution in [0.1, 0.15) is 26.7 Å². The molecule has 0 radical (unpaired) electrons. The molecule has 1 aliphatic heterocycles. The molecule has 1 aromatic carbocycles. The molecule has 0 aromatic heterocycles. The summed E-state index contributed by atoms with van der Waals surface area (Å²) in [5.41, 5.74) is 8.07. The summed E-state index contributed by atoms with van der Waals surface area (Å²) in [7, 11) is 0. The van der Waals surface area contributed by atoms with Crippen molar-refractivity contribution in [2.75, 3.05) is 23.3 Å². The van der Waals surface area contributed by atoms with Crippen LogP contribution < -0.4 is 16.0 Å². The number of nitrogens with zero attached hydrogens (tertiary/aromatic N) is 2. The highest BCUT2D eigenvalue weighted by Gasteiger charge is 2.11. The molecule has 1 heterocycles. The molecule has 0 saturated carbocycles. The Morgan fingerprint density at radius 2 is 1.83 bits per heavy atom. The fourth-order valence-electron chi connectivity index (χ4n) is 2.19. The van der Waals surface area contributed by atoms with Crippen LogP contribution in [-0.4, -0.2) is 25.1 Å². The number of rotatable bonds is 3. The summed E-state index contributed by atoms with van der Waals surface area (Å²) in [6.07, 6.45) is 2.60. The van der Waals surface area contributed by atoms with Crippen LogP contribution in [0.15, 0.2) is 29.3 Å². The minimum absolute atomic E-state index is 0.210. The lowest BCUT2D eigenvalue weighted by molar-refractivity contribution is 0.833. The topological polar surface area (TPSA) is 53.6 Å². The lowest BCUT2D eigenvalue weighted by Gasteiger charge is -2.18. The molecule has 0 bridgehead atoms. The van der Waals surface area contributed by atoms with E-state index in [-0.39, 0.29) is 6.04 Å². The van der Waals surface area contributed by atoms with Crippen molar-refractivity contribution in [2.24, 2.45) is 10.7 Å². The Morgan fingerprint density at radius 3 is 2.39 bits per heavy atom. The first kappa shape index (κ1) is 12.7. The number of nitrogens with two attached hydrogens (primary N) is 1. The number of anilines is 2. The number of aliphatic imine (C=N–C) groups is 1. The van der Waals surface area contributed by atoms with Crippen LogP contribution in [0.5, 0.6) is 0 Å². The third-order valence-electron chi connectivity index (χ3n) is 3.01. The number of nitrogens with one attached hydrogen (secondary N) is 1. The molecule has 98 valence electrons. The molecule has 0 spiro atoms. The summed E-state index contributed by atoms with van der Waals surface area (Å²) in [6.45, 7) is 6.35. The van der Waals surface area contributed by atoms with E-state index < -0.39 is 0 Å². The number of benzene rings is 1. The van der Waals surface area contributed by atoms with Gasteiger partial charge in [-0.2, -0.15) is 0 Å². The van der Waals surface area contributed by atoms with Gasteiger partial charge in [0.2, 0.25) is 0 Å². The average molecular weight is 246 g/mol. The summed E-state index contributed by atoms with van der Waals surface area (Å²) >= 11 is 0. The van der Waals surface area contributed by atoms with Gasteiger partial charge in [0.05, 0.1) is 0 Å². The Bertz CT molecular complexity index is 402. The van der Waals surface area contributed by atoms with Crippen LogP contribution in [0.25, 0.3) is 0 Å². The van der Waals surface area contributed by atoms with E-state index in [4.69, 9.17) is 5.73 Å². The minimum atomic E-state index is 0.210. The van der Waals surface area contributed by atoms with E-state index in [0.29, 0.717) is 5.96 Å². The molecule has 0 unspecified atom stereocenters. The second kappa shape index (κ2) is 5.76. The zero-order valence-corrected chi connectivity index (χ0v) is 11.2. The summed E-state index contributed by atoms with van der Waals surface area (Å²) in [4.78, 5) is 6.66. The maximum Gasteiger partial charge on any atom is 0.193 e. The van der Waals surface area contributed by atoms with Gasteiger partial charge in [0.1, 0.15) is 0 Å². The molecular weight excluding hydrogens is 224 g/mol. The van der Waals surface area contributed by atoms with Crippen molar-refractivity contribution in [2.45, 2.75) is 32.7 Å². The third-order valence-corrected chi connectivity index (χ3v) is 3.01. The van der Waals surface area contributed by atoms with E-state index in [1.807, 2.05) is 13.8 Å². The van der Waals surface area contributed by atoms with Crippen LogP contribution >= 0.6 is 0 Å². The Labute approximate surface area is 109 Å². The van der Waals surface area contributed by atoms with Crippen molar-refractivity contribution in [1.82, 2.24) is 0 Å². The highest BCUT2D eigenvalue weighted by atomic mass is 15.1. The molecule has 1 aromatic rings. The van der Waals surface area contributed by atoms with Crippen molar-refractivity contribution in [3.05, 3.63) is 24.3 Å². The first-order valence-electron chi connectivity index (χ1n) is 6.60. The first-order chi connectivity index (χ1) is 8.65. The fourth-order valence-corrected chi connectivity index (χ4v) is 2.19. The van der Waals surface area contributed by atoms with Crippen molar-refractivity contribution in [3.63, 3.8) is 0 Å². The third kappa shape index (κ3) is 3.39. The van der Waals surface area contributed by atoms with Gasteiger partial charge in [0, 0.05) is 30.5 Å². The normalized spacial score (nSPS) is 16.4. The first-order valence-corrected chi connectivity index (χ1v) is 6.60. The van der Waals surface area contributed by atoms with Gasteiger partial charge in [-0.15, -0.1) is 0 Å². The SMILES string of the molecule is CC(C)N=C(N)Nc1ccc(N2CCCC2)cc1. The van der Waals surface area contributed by atoms with E-state index in [2.05, 4.69) is 39.5 Å². The highest BCUT2D eigenvalue weighted by molar-refractivity contribution is 5.92. The number of hydrogen-bond acceptors (Lipinski definition) is 2. The molecule has 0 aliphatic carbocycles. The Hall–Kier alpha value is -1.71. The molecule has 18 heavy (non-hydrogen) atoms. The van der Waals surface area contributed by atoms with Crippen LogP contribution in [0.3, 0.4) is 0 Å². The van der Waals surface area contributed by atoms with Gasteiger partial charge in [-0.3, -0.25) is 4.99 Å². The number of hydrogen-bond donors (Lipinski definition) is 2. The molecule has 3 N–H and O–H groups in total. The van der Waals surface area contributed by atoms with E-state index in [0.717, 1.165) is 5.69 Å². The lowest BCUT2D eigenvalue weighted by atomic mass is 10.2.